The Balaban J connectivity index is 2.20. The lowest BCUT2D eigenvalue weighted by molar-refractivity contribution is 0.0996. The number of hydrogen-bond acceptors (Lipinski definition) is 4. The molecule has 2 rings (SSSR count). The first kappa shape index (κ1) is 14.6. The molecule has 0 saturated heterocycles. The predicted octanol–water partition coefficient (Wildman–Crippen LogP) is 3.75. The van der Waals surface area contributed by atoms with Crippen molar-refractivity contribution in [3.8, 4) is 11.5 Å². The highest BCUT2D eigenvalue weighted by atomic mass is 32.1. The molecule has 0 unspecified atom stereocenters. The van der Waals surface area contributed by atoms with E-state index < -0.39 is 0 Å². The van der Waals surface area contributed by atoms with Gasteiger partial charge in [-0.25, -0.2) is 0 Å². The maximum absolute atomic E-state index is 12.3. The summed E-state index contributed by atoms with van der Waals surface area (Å²) < 4.78 is 10.5. The third-order valence-electron chi connectivity index (χ3n) is 3.19. The van der Waals surface area contributed by atoms with Gasteiger partial charge in [0.05, 0.1) is 19.1 Å². The summed E-state index contributed by atoms with van der Waals surface area (Å²) in [5, 5.41) is 1.97. The number of ketones is 1. The van der Waals surface area contributed by atoms with Crippen LogP contribution in [0, 0.1) is 0 Å². The Labute approximate surface area is 123 Å². The first-order chi connectivity index (χ1) is 9.69. The molecule has 2 aromatic rings. The highest BCUT2D eigenvalue weighted by molar-refractivity contribution is 7.12. The SMILES string of the molecule is CCc1ccsc1C(=O)Cc1ccc(OC)c(OC)c1. The summed E-state index contributed by atoms with van der Waals surface area (Å²) in [5.74, 6) is 1.48. The number of carbonyl (C=O) groups is 1. The Morgan fingerprint density at radius 3 is 2.55 bits per heavy atom. The molecular weight excluding hydrogens is 272 g/mol. The van der Waals surface area contributed by atoms with Crippen molar-refractivity contribution in [3.05, 3.63) is 45.6 Å². The number of ether oxygens (including phenoxy) is 2. The molecule has 4 heteroatoms. The van der Waals surface area contributed by atoms with Crippen molar-refractivity contribution in [1.29, 1.82) is 0 Å². The van der Waals surface area contributed by atoms with Gasteiger partial charge in [-0.1, -0.05) is 13.0 Å². The van der Waals surface area contributed by atoms with E-state index in [-0.39, 0.29) is 5.78 Å². The Bertz CT molecular complexity index is 602. The van der Waals surface area contributed by atoms with E-state index in [1.54, 1.807) is 14.2 Å². The zero-order chi connectivity index (χ0) is 14.5. The van der Waals surface area contributed by atoms with Gasteiger partial charge in [0.25, 0.3) is 0 Å². The standard InChI is InChI=1S/C16H18O3S/c1-4-12-7-8-20-16(12)13(17)9-11-5-6-14(18-2)15(10-11)19-3/h5-8,10H,4,9H2,1-3H3. The van der Waals surface area contributed by atoms with E-state index in [0.29, 0.717) is 17.9 Å². The Morgan fingerprint density at radius 1 is 1.15 bits per heavy atom. The van der Waals surface area contributed by atoms with Crippen LogP contribution in [0.1, 0.15) is 27.7 Å². The Morgan fingerprint density at radius 2 is 1.90 bits per heavy atom. The van der Waals surface area contributed by atoms with Crippen LogP contribution in [-0.4, -0.2) is 20.0 Å². The van der Waals surface area contributed by atoms with Crippen molar-refractivity contribution in [2.45, 2.75) is 19.8 Å². The summed E-state index contributed by atoms with van der Waals surface area (Å²) in [6.07, 6.45) is 1.27. The monoisotopic (exact) mass is 290 g/mol. The summed E-state index contributed by atoms with van der Waals surface area (Å²) in [4.78, 5) is 13.2. The third-order valence-corrected chi connectivity index (χ3v) is 4.19. The van der Waals surface area contributed by atoms with E-state index in [0.717, 1.165) is 22.4 Å². The number of rotatable bonds is 6. The van der Waals surface area contributed by atoms with Crippen LogP contribution < -0.4 is 9.47 Å². The van der Waals surface area contributed by atoms with Gasteiger partial charge in [-0.15, -0.1) is 11.3 Å². The molecule has 106 valence electrons. The predicted molar refractivity (Wildman–Crippen MR) is 81.3 cm³/mol. The van der Waals surface area contributed by atoms with Gasteiger partial charge >= 0.3 is 0 Å². The lowest BCUT2D eigenvalue weighted by Crippen LogP contribution is -2.04. The molecule has 0 aliphatic heterocycles. The summed E-state index contributed by atoms with van der Waals surface area (Å²) >= 11 is 1.51. The molecule has 3 nitrogen and oxygen atoms in total. The Kier molecular flexibility index (Phi) is 4.79. The zero-order valence-corrected chi connectivity index (χ0v) is 12.8. The van der Waals surface area contributed by atoms with Gasteiger partial charge in [-0.3, -0.25) is 4.79 Å². The third kappa shape index (κ3) is 3.02. The first-order valence-corrected chi connectivity index (χ1v) is 7.38. The number of methoxy groups -OCH3 is 2. The number of carbonyl (C=O) groups excluding carboxylic acids is 1. The minimum atomic E-state index is 0.157. The Hall–Kier alpha value is -1.81. The van der Waals surface area contributed by atoms with Gasteiger partial charge in [0.2, 0.25) is 0 Å². The maximum atomic E-state index is 12.3. The molecule has 0 atom stereocenters. The molecule has 0 spiro atoms. The highest BCUT2D eigenvalue weighted by Crippen LogP contribution is 2.28. The lowest BCUT2D eigenvalue weighted by atomic mass is 10.0. The van der Waals surface area contributed by atoms with Crippen LogP contribution in [-0.2, 0) is 12.8 Å². The van der Waals surface area contributed by atoms with Gasteiger partial charge in [0, 0.05) is 6.42 Å². The fourth-order valence-corrected chi connectivity index (χ4v) is 3.05. The van der Waals surface area contributed by atoms with Gasteiger partial charge in [0.1, 0.15) is 0 Å². The molecule has 1 aromatic carbocycles. The number of aryl methyl sites for hydroxylation is 1. The molecule has 0 amide bonds. The molecule has 0 fully saturated rings. The first-order valence-electron chi connectivity index (χ1n) is 6.50. The minimum absolute atomic E-state index is 0.157. The molecule has 1 heterocycles. The van der Waals surface area contributed by atoms with Gasteiger partial charge < -0.3 is 9.47 Å². The van der Waals surface area contributed by atoms with E-state index in [9.17, 15) is 4.79 Å². The average Bonchev–Trinajstić information content (AvgIpc) is 2.95. The minimum Gasteiger partial charge on any atom is -0.493 e. The maximum Gasteiger partial charge on any atom is 0.177 e. The van der Waals surface area contributed by atoms with Gasteiger partial charge in [-0.05, 0) is 41.1 Å². The molecule has 0 N–H and O–H groups in total. The second-order valence-electron chi connectivity index (χ2n) is 4.42. The number of thiophene rings is 1. The zero-order valence-electron chi connectivity index (χ0n) is 11.9. The average molecular weight is 290 g/mol. The smallest absolute Gasteiger partial charge is 0.177 e. The van der Waals surface area contributed by atoms with Crippen molar-refractivity contribution in [3.63, 3.8) is 0 Å². The van der Waals surface area contributed by atoms with Crippen molar-refractivity contribution in [2.24, 2.45) is 0 Å². The van der Waals surface area contributed by atoms with Crippen LogP contribution in [0.5, 0.6) is 11.5 Å². The largest absolute Gasteiger partial charge is 0.493 e. The summed E-state index contributed by atoms with van der Waals surface area (Å²) in [5.41, 5.74) is 2.06. The molecule has 1 aromatic heterocycles. The van der Waals surface area contributed by atoms with E-state index >= 15 is 0 Å². The van der Waals surface area contributed by atoms with Gasteiger partial charge in [0.15, 0.2) is 17.3 Å². The molecule has 20 heavy (non-hydrogen) atoms. The van der Waals surface area contributed by atoms with Crippen LogP contribution in [0.2, 0.25) is 0 Å². The number of benzene rings is 1. The van der Waals surface area contributed by atoms with Crippen LogP contribution in [0.3, 0.4) is 0 Å². The van der Waals surface area contributed by atoms with Crippen molar-refractivity contribution < 1.29 is 14.3 Å². The highest BCUT2D eigenvalue weighted by Gasteiger charge is 2.14. The summed E-state index contributed by atoms with van der Waals surface area (Å²) in [7, 11) is 3.19. The van der Waals surface area contributed by atoms with Crippen molar-refractivity contribution >= 4 is 17.1 Å². The summed E-state index contributed by atoms with van der Waals surface area (Å²) in [6.45, 7) is 2.06. The van der Waals surface area contributed by atoms with Crippen LogP contribution in [0.4, 0.5) is 0 Å². The van der Waals surface area contributed by atoms with Crippen LogP contribution >= 0.6 is 11.3 Å². The normalized spacial score (nSPS) is 10.3. The lowest BCUT2D eigenvalue weighted by Gasteiger charge is -2.09. The molecule has 0 radical (unpaired) electrons. The number of Topliss-reactive ketones (excluding diaryl/α,β-unsaturated/α-hetero) is 1. The molecule has 0 bridgehead atoms. The molecular formula is C16H18O3S. The quantitative estimate of drug-likeness (QED) is 0.760. The van der Waals surface area contributed by atoms with E-state index in [1.165, 1.54) is 11.3 Å². The molecule has 0 saturated carbocycles. The summed E-state index contributed by atoms with van der Waals surface area (Å²) in [6, 6.07) is 7.61. The number of hydrogen-bond donors (Lipinski definition) is 0. The van der Waals surface area contributed by atoms with Crippen molar-refractivity contribution in [1.82, 2.24) is 0 Å². The van der Waals surface area contributed by atoms with E-state index in [1.807, 2.05) is 29.6 Å². The second kappa shape index (κ2) is 6.57. The van der Waals surface area contributed by atoms with Crippen LogP contribution in [0.25, 0.3) is 0 Å². The van der Waals surface area contributed by atoms with E-state index in [4.69, 9.17) is 9.47 Å². The second-order valence-corrected chi connectivity index (χ2v) is 5.33. The topological polar surface area (TPSA) is 35.5 Å². The van der Waals surface area contributed by atoms with Crippen molar-refractivity contribution in [2.75, 3.05) is 14.2 Å². The fourth-order valence-electron chi connectivity index (χ4n) is 2.12. The fraction of sp³-hybridized carbons (Fsp3) is 0.312. The molecule has 0 aliphatic carbocycles. The van der Waals surface area contributed by atoms with E-state index in [2.05, 4.69) is 6.92 Å². The molecule has 0 aliphatic rings. The van der Waals surface area contributed by atoms with Gasteiger partial charge in [-0.2, -0.15) is 0 Å². The van der Waals surface area contributed by atoms with Crippen LogP contribution in [0.15, 0.2) is 29.6 Å².